The maximum atomic E-state index is 12.9. The molecule has 5 nitrogen and oxygen atoms in total. The molecular weight excluding hydrogens is 487 g/mol. The lowest BCUT2D eigenvalue weighted by Crippen LogP contribution is -2.34. The number of alkyl halides is 3. The Balaban J connectivity index is 1.56. The normalized spacial score (nSPS) is 10.9. The van der Waals surface area contributed by atoms with Crippen LogP contribution in [0.15, 0.2) is 72.8 Å². The molecule has 34 heavy (non-hydrogen) atoms. The van der Waals surface area contributed by atoms with Crippen LogP contribution in [-0.2, 0) is 17.4 Å². The monoisotopic (exact) mass is 505 g/mol. The van der Waals surface area contributed by atoms with Gasteiger partial charge < -0.3 is 16.0 Å². The lowest BCUT2D eigenvalue weighted by Gasteiger charge is -2.12. The summed E-state index contributed by atoms with van der Waals surface area (Å²) in [4.78, 5) is 24.7. The van der Waals surface area contributed by atoms with E-state index < -0.39 is 17.6 Å². The molecule has 3 aromatic rings. The van der Waals surface area contributed by atoms with E-state index in [2.05, 4.69) is 16.0 Å². The van der Waals surface area contributed by atoms with Crippen LogP contribution < -0.4 is 16.0 Å². The first-order valence-corrected chi connectivity index (χ1v) is 10.8. The first kappa shape index (κ1) is 25.2. The minimum Gasteiger partial charge on any atom is -0.332 e. The molecule has 0 heterocycles. The van der Waals surface area contributed by atoms with Gasteiger partial charge in [0.25, 0.3) is 5.91 Å². The zero-order valence-corrected chi connectivity index (χ0v) is 19.2. The number of rotatable bonds is 6. The molecule has 0 spiro atoms. The van der Waals surface area contributed by atoms with E-state index in [4.69, 9.17) is 23.8 Å². The number of carbonyl (C=O) groups is 2. The first-order valence-electron chi connectivity index (χ1n) is 10.0. The van der Waals surface area contributed by atoms with Crippen molar-refractivity contribution in [3.63, 3.8) is 0 Å². The molecule has 0 aliphatic heterocycles. The van der Waals surface area contributed by atoms with Gasteiger partial charge >= 0.3 is 6.18 Å². The molecule has 0 unspecified atom stereocenters. The highest BCUT2D eigenvalue weighted by Gasteiger charge is 2.30. The van der Waals surface area contributed by atoms with Crippen LogP contribution in [0.25, 0.3) is 0 Å². The molecule has 3 aromatic carbocycles. The number of amides is 2. The SMILES string of the molecule is O=C(CCc1ccccc1Cl)NC(=S)Nc1cccc(C(=O)Nc2cccc(C(F)(F)F)c2)c1. The van der Waals surface area contributed by atoms with Crippen molar-refractivity contribution in [3.05, 3.63) is 94.5 Å². The third kappa shape index (κ3) is 7.29. The highest BCUT2D eigenvalue weighted by atomic mass is 35.5. The molecule has 0 atom stereocenters. The number of halogens is 4. The number of benzene rings is 3. The molecule has 0 bridgehead atoms. The summed E-state index contributed by atoms with van der Waals surface area (Å²) in [5.41, 5.74) is 0.608. The minimum atomic E-state index is -4.52. The summed E-state index contributed by atoms with van der Waals surface area (Å²) in [6.07, 6.45) is -3.90. The van der Waals surface area contributed by atoms with E-state index in [-0.39, 0.29) is 28.7 Å². The van der Waals surface area contributed by atoms with Crippen molar-refractivity contribution in [2.75, 3.05) is 10.6 Å². The van der Waals surface area contributed by atoms with E-state index in [9.17, 15) is 22.8 Å². The molecular formula is C24H19ClF3N3O2S. The Morgan fingerprint density at radius 1 is 0.882 bits per heavy atom. The van der Waals surface area contributed by atoms with Gasteiger partial charge in [-0.2, -0.15) is 13.2 Å². The smallest absolute Gasteiger partial charge is 0.332 e. The summed E-state index contributed by atoms with van der Waals surface area (Å²) < 4.78 is 38.6. The standard InChI is InChI=1S/C24H19ClF3N3O2S/c25-20-10-2-1-5-15(20)11-12-21(32)31-23(34)30-18-8-3-6-16(13-18)22(33)29-19-9-4-7-17(14-19)24(26,27)28/h1-10,13-14H,11-12H2,(H,29,33)(H2,30,31,32,34). The maximum absolute atomic E-state index is 12.9. The van der Waals surface area contributed by atoms with E-state index in [1.807, 2.05) is 12.1 Å². The van der Waals surface area contributed by atoms with E-state index >= 15 is 0 Å². The number of carbonyl (C=O) groups excluding carboxylic acids is 2. The second-order valence-corrected chi connectivity index (χ2v) is 8.02. The van der Waals surface area contributed by atoms with Gasteiger partial charge in [-0.15, -0.1) is 0 Å². The van der Waals surface area contributed by atoms with E-state index in [0.29, 0.717) is 17.1 Å². The fourth-order valence-corrected chi connectivity index (χ4v) is 3.48. The number of thiocarbonyl (C=S) groups is 1. The van der Waals surface area contributed by atoms with Crippen LogP contribution in [0.5, 0.6) is 0 Å². The van der Waals surface area contributed by atoms with Gasteiger partial charge in [-0.05, 0) is 66.7 Å². The summed E-state index contributed by atoms with van der Waals surface area (Å²) in [6, 6.07) is 17.7. The van der Waals surface area contributed by atoms with Gasteiger partial charge in [-0.3, -0.25) is 9.59 Å². The van der Waals surface area contributed by atoms with Gasteiger partial charge in [0.2, 0.25) is 5.91 Å². The van der Waals surface area contributed by atoms with E-state index in [1.165, 1.54) is 24.3 Å². The van der Waals surface area contributed by atoms with Gasteiger partial charge in [0, 0.05) is 28.4 Å². The van der Waals surface area contributed by atoms with Crippen LogP contribution in [-0.4, -0.2) is 16.9 Å². The van der Waals surface area contributed by atoms with Crippen LogP contribution in [0.1, 0.15) is 27.9 Å². The Morgan fingerprint density at radius 3 is 2.26 bits per heavy atom. The predicted molar refractivity (Wildman–Crippen MR) is 130 cm³/mol. The summed E-state index contributed by atoms with van der Waals surface area (Å²) in [5.74, 6) is -0.909. The number of aryl methyl sites for hydroxylation is 1. The highest BCUT2D eigenvalue weighted by Crippen LogP contribution is 2.30. The average molecular weight is 506 g/mol. The lowest BCUT2D eigenvalue weighted by atomic mass is 10.1. The summed E-state index contributed by atoms with van der Waals surface area (Å²) in [6.45, 7) is 0. The molecule has 0 radical (unpaired) electrons. The quantitative estimate of drug-likeness (QED) is 0.356. The van der Waals surface area contributed by atoms with Crippen molar-refractivity contribution in [2.45, 2.75) is 19.0 Å². The molecule has 3 rings (SSSR count). The summed E-state index contributed by atoms with van der Waals surface area (Å²) in [7, 11) is 0. The topological polar surface area (TPSA) is 70.2 Å². The van der Waals surface area contributed by atoms with Crippen molar-refractivity contribution in [1.29, 1.82) is 0 Å². The van der Waals surface area contributed by atoms with Gasteiger partial charge in [0.1, 0.15) is 0 Å². The van der Waals surface area contributed by atoms with E-state index in [1.54, 1.807) is 24.3 Å². The first-order chi connectivity index (χ1) is 16.1. The second kappa shape index (κ2) is 11.1. The summed E-state index contributed by atoms with van der Waals surface area (Å²) >= 11 is 11.2. The molecule has 3 N–H and O–H groups in total. The third-order valence-electron chi connectivity index (χ3n) is 4.66. The Bertz CT molecular complexity index is 1220. The molecule has 0 aliphatic carbocycles. The van der Waals surface area contributed by atoms with Crippen LogP contribution in [0, 0.1) is 0 Å². The fraction of sp³-hybridized carbons (Fsp3) is 0.125. The zero-order chi connectivity index (χ0) is 24.7. The Labute approximate surface area is 204 Å². The Morgan fingerprint density at radius 2 is 1.56 bits per heavy atom. The fourth-order valence-electron chi connectivity index (χ4n) is 3.02. The number of hydrogen-bond acceptors (Lipinski definition) is 3. The van der Waals surface area contributed by atoms with Crippen LogP contribution >= 0.6 is 23.8 Å². The number of anilines is 2. The van der Waals surface area contributed by atoms with Gasteiger partial charge in [0.15, 0.2) is 5.11 Å². The lowest BCUT2D eigenvalue weighted by molar-refractivity contribution is -0.137. The molecule has 10 heteroatoms. The van der Waals surface area contributed by atoms with Crippen molar-refractivity contribution in [2.24, 2.45) is 0 Å². The largest absolute Gasteiger partial charge is 0.416 e. The molecule has 0 saturated heterocycles. The molecule has 0 fully saturated rings. The van der Waals surface area contributed by atoms with Gasteiger partial charge in [-0.25, -0.2) is 0 Å². The number of nitrogens with one attached hydrogen (secondary N) is 3. The number of hydrogen-bond donors (Lipinski definition) is 3. The van der Waals surface area contributed by atoms with Crippen molar-refractivity contribution in [1.82, 2.24) is 5.32 Å². The van der Waals surface area contributed by atoms with E-state index in [0.717, 1.165) is 17.7 Å². The minimum absolute atomic E-state index is 0.0134. The Hall–Kier alpha value is -3.43. The molecule has 0 saturated carbocycles. The average Bonchev–Trinajstić information content (AvgIpc) is 2.78. The summed E-state index contributed by atoms with van der Waals surface area (Å²) in [5, 5.41) is 8.43. The van der Waals surface area contributed by atoms with Crippen LogP contribution in [0.4, 0.5) is 24.5 Å². The van der Waals surface area contributed by atoms with Gasteiger partial charge in [0.05, 0.1) is 5.56 Å². The molecule has 2 amide bonds. The van der Waals surface area contributed by atoms with Gasteiger partial charge in [-0.1, -0.05) is 41.9 Å². The zero-order valence-electron chi connectivity index (χ0n) is 17.6. The highest BCUT2D eigenvalue weighted by molar-refractivity contribution is 7.80. The molecule has 0 aromatic heterocycles. The maximum Gasteiger partial charge on any atom is 0.416 e. The van der Waals surface area contributed by atoms with Crippen molar-refractivity contribution < 1.29 is 22.8 Å². The van der Waals surface area contributed by atoms with Crippen LogP contribution in [0.3, 0.4) is 0 Å². The molecule has 176 valence electrons. The third-order valence-corrected chi connectivity index (χ3v) is 5.24. The van der Waals surface area contributed by atoms with Crippen LogP contribution in [0.2, 0.25) is 5.02 Å². The predicted octanol–water partition coefficient (Wildman–Crippen LogP) is 6.06. The Kier molecular flexibility index (Phi) is 8.25. The molecule has 0 aliphatic rings. The van der Waals surface area contributed by atoms with Crippen molar-refractivity contribution >= 4 is 52.1 Å². The second-order valence-electron chi connectivity index (χ2n) is 7.21. The van der Waals surface area contributed by atoms with Crippen molar-refractivity contribution in [3.8, 4) is 0 Å².